The third-order valence-corrected chi connectivity index (χ3v) is 4.69. The van der Waals surface area contributed by atoms with Crippen molar-refractivity contribution < 1.29 is 9.53 Å². The van der Waals surface area contributed by atoms with Crippen molar-refractivity contribution in [1.29, 1.82) is 0 Å². The molecule has 18 heavy (non-hydrogen) atoms. The minimum atomic E-state index is -0.139. The van der Waals surface area contributed by atoms with E-state index >= 15 is 0 Å². The molecule has 0 unspecified atom stereocenters. The van der Waals surface area contributed by atoms with Crippen LogP contribution in [0.1, 0.15) is 24.8 Å². The summed E-state index contributed by atoms with van der Waals surface area (Å²) in [5.41, 5.74) is 1.45. The normalized spacial score (nSPS) is 32.6. The lowest BCUT2D eigenvalue weighted by Gasteiger charge is -2.71. The summed E-state index contributed by atoms with van der Waals surface area (Å²) in [5, 5.41) is 0. The van der Waals surface area contributed by atoms with Gasteiger partial charge in [-0.25, -0.2) is 0 Å². The Morgan fingerprint density at radius 3 is 2.44 bits per heavy atom. The minimum Gasteiger partial charge on any atom is -0.469 e. The number of carbonyl (C=O) groups excluding carboxylic acids is 1. The number of methoxy groups -OCH3 is 1. The Hall–Kier alpha value is -1.35. The Kier molecular flexibility index (Phi) is 2.49. The van der Waals surface area contributed by atoms with E-state index in [4.69, 9.17) is 4.74 Å². The van der Waals surface area contributed by atoms with Crippen molar-refractivity contribution in [2.24, 2.45) is 5.41 Å². The Balaban J connectivity index is 1.61. The monoisotopic (exact) mass is 245 g/mol. The molecule has 0 radical (unpaired) electrons. The first-order valence-electron chi connectivity index (χ1n) is 6.44. The molecule has 3 saturated carbocycles. The van der Waals surface area contributed by atoms with Gasteiger partial charge in [0.1, 0.15) is 0 Å². The van der Waals surface area contributed by atoms with Gasteiger partial charge in [0.05, 0.1) is 12.5 Å². The second-order valence-electron chi connectivity index (χ2n) is 5.87. The highest BCUT2D eigenvalue weighted by Gasteiger charge is 2.73. The van der Waals surface area contributed by atoms with E-state index in [1.54, 1.807) is 0 Å². The van der Waals surface area contributed by atoms with Crippen molar-refractivity contribution in [2.45, 2.75) is 31.3 Å². The topological polar surface area (TPSA) is 29.5 Å². The lowest BCUT2D eigenvalue weighted by Crippen LogP contribution is -2.76. The van der Waals surface area contributed by atoms with E-state index in [0.717, 1.165) is 25.8 Å². The Morgan fingerprint density at radius 2 is 1.89 bits per heavy atom. The molecule has 3 fully saturated rings. The van der Waals surface area contributed by atoms with Crippen LogP contribution >= 0.6 is 0 Å². The van der Waals surface area contributed by atoms with Gasteiger partial charge in [0.15, 0.2) is 0 Å². The van der Waals surface area contributed by atoms with Crippen molar-refractivity contribution in [3.05, 3.63) is 35.9 Å². The minimum absolute atomic E-state index is 0.0162. The van der Waals surface area contributed by atoms with Crippen molar-refractivity contribution in [2.75, 3.05) is 14.2 Å². The van der Waals surface area contributed by atoms with Crippen LogP contribution < -0.4 is 0 Å². The van der Waals surface area contributed by atoms with Crippen LogP contribution in [0, 0.1) is 5.41 Å². The van der Waals surface area contributed by atoms with Crippen LogP contribution in [-0.2, 0) is 16.1 Å². The van der Waals surface area contributed by atoms with E-state index in [-0.39, 0.29) is 16.9 Å². The summed E-state index contributed by atoms with van der Waals surface area (Å²) in [4.78, 5) is 14.0. The molecular weight excluding hydrogens is 226 g/mol. The molecule has 0 aromatic heterocycles. The maximum Gasteiger partial charge on any atom is 0.312 e. The molecule has 0 N–H and O–H groups in total. The Bertz CT molecular complexity index is 449. The van der Waals surface area contributed by atoms with Gasteiger partial charge in [-0.3, -0.25) is 9.69 Å². The molecule has 0 aliphatic heterocycles. The first-order valence-corrected chi connectivity index (χ1v) is 6.44. The quantitative estimate of drug-likeness (QED) is 0.762. The number of carbonyl (C=O) groups is 1. The van der Waals surface area contributed by atoms with Gasteiger partial charge < -0.3 is 4.74 Å². The van der Waals surface area contributed by atoms with Gasteiger partial charge in [0.25, 0.3) is 0 Å². The van der Waals surface area contributed by atoms with Crippen LogP contribution in [0.15, 0.2) is 30.3 Å². The molecule has 2 bridgehead atoms. The van der Waals surface area contributed by atoms with Gasteiger partial charge in [-0.2, -0.15) is 0 Å². The molecule has 3 aliphatic carbocycles. The maximum absolute atomic E-state index is 11.6. The number of hydrogen-bond acceptors (Lipinski definition) is 3. The molecule has 3 nitrogen and oxygen atoms in total. The van der Waals surface area contributed by atoms with Gasteiger partial charge >= 0.3 is 5.97 Å². The molecule has 3 heteroatoms. The van der Waals surface area contributed by atoms with Gasteiger partial charge in [0, 0.05) is 12.1 Å². The second-order valence-corrected chi connectivity index (χ2v) is 5.87. The predicted molar refractivity (Wildman–Crippen MR) is 68.9 cm³/mol. The van der Waals surface area contributed by atoms with Crippen LogP contribution in [0.4, 0.5) is 0 Å². The molecule has 0 heterocycles. The molecule has 4 rings (SSSR count). The van der Waals surface area contributed by atoms with Gasteiger partial charge in [-0.05, 0) is 31.9 Å². The smallest absolute Gasteiger partial charge is 0.312 e. The third-order valence-electron chi connectivity index (χ3n) is 4.69. The van der Waals surface area contributed by atoms with Crippen molar-refractivity contribution in [3.8, 4) is 0 Å². The summed E-state index contributed by atoms with van der Waals surface area (Å²) in [5.74, 6) is -0.0162. The maximum atomic E-state index is 11.6. The molecule has 0 saturated heterocycles. The average molecular weight is 245 g/mol. The third kappa shape index (κ3) is 1.50. The molecule has 0 spiro atoms. The Morgan fingerprint density at radius 1 is 1.28 bits per heavy atom. The second kappa shape index (κ2) is 3.82. The van der Waals surface area contributed by atoms with E-state index in [1.165, 1.54) is 12.7 Å². The van der Waals surface area contributed by atoms with Crippen molar-refractivity contribution in [3.63, 3.8) is 0 Å². The number of nitrogens with zero attached hydrogens (tertiary/aromatic N) is 1. The highest BCUT2D eigenvalue weighted by Crippen LogP contribution is 2.70. The van der Waals surface area contributed by atoms with Crippen molar-refractivity contribution in [1.82, 2.24) is 4.90 Å². The first-order chi connectivity index (χ1) is 8.60. The lowest BCUT2D eigenvalue weighted by atomic mass is 9.39. The molecule has 96 valence electrons. The van der Waals surface area contributed by atoms with Crippen LogP contribution in [0.25, 0.3) is 0 Å². The summed E-state index contributed by atoms with van der Waals surface area (Å²) in [6.07, 6.45) is 2.90. The number of benzene rings is 1. The number of rotatable bonds is 4. The summed E-state index contributed by atoms with van der Waals surface area (Å²) < 4.78 is 4.88. The molecular formula is C15H19NO2. The van der Waals surface area contributed by atoms with Gasteiger partial charge in [-0.1, -0.05) is 30.3 Å². The summed E-state index contributed by atoms with van der Waals surface area (Å²) in [6.45, 7) is 0.956. The summed E-state index contributed by atoms with van der Waals surface area (Å²) >= 11 is 0. The summed E-state index contributed by atoms with van der Waals surface area (Å²) in [7, 11) is 3.65. The predicted octanol–water partition coefficient (Wildman–Crippen LogP) is 2.21. The molecule has 1 aromatic rings. The Labute approximate surface area is 108 Å². The fourth-order valence-corrected chi connectivity index (χ4v) is 3.60. The van der Waals surface area contributed by atoms with Crippen LogP contribution in [0.5, 0.6) is 0 Å². The first kappa shape index (κ1) is 11.7. The van der Waals surface area contributed by atoms with E-state index < -0.39 is 0 Å². The van der Waals surface area contributed by atoms with E-state index in [2.05, 4.69) is 36.2 Å². The van der Waals surface area contributed by atoms with E-state index in [0.29, 0.717) is 0 Å². The largest absolute Gasteiger partial charge is 0.469 e. The zero-order valence-corrected chi connectivity index (χ0v) is 11.0. The zero-order chi connectivity index (χ0) is 12.8. The molecule has 0 atom stereocenters. The highest BCUT2D eigenvalue weighted by atomic mass is 16.5. The van der Waals surface area contributed by atoms with E-state index in [9.17, 15) is 4.79 Å². The van der Waals surface area contributed by atoms with Crippen LogP contribution in [0.2, 0.25) is 0 Å². The van der Waals surface area contributed by atoms with Gasteiger partial charge in [0.2, 0.25) is 0 Å². The average Bonchev–Trinajstić information content (AvgIpc) is 2.26. The fraction of sp³-hybridized carbons (Fsp3) is 0.533. The molecule has 1 aromatic carbocycles. The van der Waals surface area contributed by atoms with Crippen molar-refractivity contribution >= 4 is 5.97 Å². The van der Waals surface area contributed by atoms with Gasteiger partial charge in [-0.15, -0.1) is 0 Å². The fourth-order valence-electron chi connectivity index (χ4n) is 3.60. The highest BCUT2D eigenvalue weighted by molar-refractivity contribution is 5.82. The molecule has 3 aliphatic rings. The molecule has 0 amide bonds. The number of hydrogen-bond donors (Lipinski definition) is 0. The SMILES string of the molecule is COC(=O)C12CC(N(C)Cc3ccccc3)(C1)C2. The standard InChI is InChI=1S/C15H19NO2/c1-16(8-12-6-4-3-5-7-12)15-9-14(10-15,11-15)13(17)18-2/h3-7H,8-11H2,1-2H3. The summed E-state index contributed by atoms with van der Waals surface area (Å²) in [6, 6.07) is 10.5. The zero-order valence-electron chi connectivity index (χ0n) is 11.0. The number of esters is 1. The van der Waals surface area contributed by atoms with Crippen LogP contribution in [-0.4, -0.2) is 30.6 Å². The lowest BCUT2D eigenvalue weighted by molar-refractivity contribution is -0.231. The number of ether oxygens (including phenoxy) is 1. The van der Waals surface area contributed by atoms with Crippen LogP contribution in [0.3, 0.4) is 0 Å². The van der Waals surface area contributed by atoms with E-state index in [1.807, 2.05) is 6.07 Å².